The van der Waals surface area contributed by atoms with Crippen LogP contribution >= 0.6 is 23.3 Å². The van der Waals surface area contributed by atoms with Crippen molar-refractivity contribution in [1.82, 2.24) is 30.5 Å². The lowest BCUT2D eigenvalue weighted by Crippen LogP contribution is -2.31. The van der Waals surface area contributed by atoms with E-state index in [1.807, 2.05) is 0 Å². The van der Waals surface area contributed by atoms with Gasteiger partial charge in [0, 0.05) is 43.4 Å². The van der Waals surface area contributed by atoms with Gasteiger partial charge in [-0.3, -0.25) is 14.5 Å². The molecule has 14 nitrogen and oxygen atoms in total. The van der Waals surface area contributed by atoms with Crippen molar-refractivity contribution in [1.29, 1.82) is 0 Å². The number of hydrogen-bond acceptors (Lipinski definition) is 12. The summed E-state index contributed by atoms with van der Waals surface area (Å²) in [6.45, 7) is 1.64. The Morgan fingerprint density at radius 3 is 2.55 bits per heavy atom. The first-order valence-electron chi connectivity index (χ1n) is 13.8. The predicted molar refractivity (Wildman–Crippen MR) is 172 cm³/mol. The van der Waals surface area contributed by atoms with Crippen LogP contribution in [0, 0.1) is 0 Å². The number of rotatable bonds is 14. The summed E-state index contributed by atoms with van der Waals surface area (Å²) in [5.74, 6) is -1.20. The maximum absolute atomic E-state index is 13.9. The second-order valence-electron chi connectivity index (χ2n) is 10.1. The molecule has 0 aliphatic heterocycles. The Balaban J connectivity index is 1.48. The molecule has 20 heteroatoms. The summed E-state index contributed by atoms with van der Waals surface area (Å²) in [7, 11) is -2.02. The number of methoxy groups -OCH3 is 1. The second kappa shape index (κ2) is 15.3. The molecule has 1 atom stereocenters. The van der Waals surface area contributed by atoms with E-state index in [1.54, 1.807) is 18.2 Å². The van der Waals surface area contributed by atoms with Gasteiger partial charge in [-0.15, -0.1) is 0 Å². The van der Waals surface area contributed by atoms with Gasteiger partial charge in [-0.05, 0) is 58.6 Å². The second-order valence-corrected chi connectivity index (χ2v) is 13.5. The van der Waals surface area contributed by atoms with E-state index in [0.29, 0.717) is 40.6 Å². The van der Waals surface area contributed by atoms with Crippen molar-refractivity contribution in [2.45, 2.75) is 25.2 Å². The molecule has 0 aliphatic rings. The molecule has 0 spiro atoms. The number of aryl methyl sites for hydroxylation is 1. The fraction of sp³-hybridized carbons (Fsp3) is 0.296. The third-order valence-corrected chi connectivity index (χ3v) is 8.71. The number of H-pyrrole nitrogens is 1. The first kappa shape index (κ1) is 35.8. The van der Waals surface area contributed by atoms with Crippen molar-refractivity contribution < 1.29 is 41.8 Å². The summed E-state index contributed by atoms with van der Waals surface area (Å²) in [4.78, 5) is 24.2. The number of alkyl halides is 3. The topological polar surface area (TPSA) is 196 Å². The maximum Gasteiger partial charge on any atom is 0.491 e. The highest BCUT2D eigenvalue weighted by Crippen LogP contribution is 2.47. The van der Waals surface area contributed by atoms with Crippen LogP contribution < -0.4 is 26.2 Å². The molecule has 250 valence electrons. The number of nitrogens with one attached hydrogen (secondary N) is 4. The number of carbonyl (C=O) groups is 1. The van der Waals surface area contributed by atoms with Crippen molar-refractivity contribution >= 4 is 64.9 Å². The average molecular weight is 741 g/mol. The van der Waals surface area contributed by atoms with Gasteiger partial charge in [0.25, 0.3) is 5.91 Å². The van der Waals surface area contributed by atoms with Crippen LogP contribution in [0.25, 0.3) is 0 Å². The van der Waals surface area contributed by atoms with Crippen molar-refractivity contribution in [3.8, 4) is 5.75 Å². The summed E-state index contributed by atoms with van der Waals surface area (Å²) in [6, 6.07) is 7.66. The number of anilines is 4. The van der Waals surface area contributed by atoms with Crippen LogP contribution in [-0.2, 0) is 27.8 Å². The molecule has 3 aromatic heterocycles. The molecule has 1 aromatic carbocycles. The molecule has 0 aliphatic carbocycles. The van der Waals surface area contributed by atoms with E-state index in [0.717, 1.165) is 0 Å². The Hall–Kier alpha value is -4.03. The Morgan fingerprint density at radius 1 is 1.13 bits per heavy atom. The quantitative estimate of drug-likeness (QED) is 0.0472. The number of hydrogen-bond donors (Lipinski definition) is 6. The van der Waals surface area contributed by atoms with Gasteiger partial charge in [-0.1, -0.05) is 6.07 Å². The minimum Gasteiger partial charge on any atom is -0.495 e. The molecule has 0 saturated carbocycles. The standard InChI is InChI=1S/C27H30BBrF3N8O6P/c1-33-25(41)23-20(8-9-22(29)38-23)36-24-16(27(30,31)32)12-34-26(39-24)37-19-7-6-15(11-21(19)45-2)14-47(3,44)46-10-4-5-18-17(28(42)43)13-35-40-18/h6-9,11-13,42-43H,4-5,10,14H2,1-3H3,(H,33,41)(H,35,40)(H2,34,36,37,39). The van der Waals surface area contributed by atoms with E-state index >= 15 is 0 Å². The fourth-order valence-electron chi connectivity index (χ4n) is 4.39. The van der Waals surface area contributed by atoms with Crippen molar-refractivity contribution in [3.63, 3.8) is 0 Å². The number of ether oxygens (including phenoxy) is 1. The number of pyridine rings is 1. The smallest absolute Gasteiger partial charge is 0.491 e. The molecular weight excluding hydrogens is 711 g/mol. The number of aromatic amines is 1. The Kier molecular flexibility index (Phi) is 11.6. The monoisotopic (exact) mass is 740 g/mol. The van der Waals surface area contributed by atoms with Crippen LogP contribution in [0.2, 0.25) is 0 Å². The molecule has 0 radical (unpaired) electrons. The Labute approximate surface area is 275 Å². The van der Waals surface area contributed by atoms with Crippen LogP contribution in [-0.4, -0.2) is 75.7 Å². The van der Waals surface area contributed by atoms with Gasteiger partial charge in [0.15, 0.2) is 5.69 Å². The summed E-state index contributed by atoms with van der Waals surface area (Å²) >= 11 is 3.15. The highest BCUT2D eigenvalue weighted by atomic mass is 79.9. The normalized spacial score (nSPS) is 12.7. The SMILES string of the molecule is CNC(=O)c1nc(Br)ccc1Nc1nc(Nc2ccc(CP(C)(=O)OCCCc3[nH]ncc3B(O)O)cc2OC)ncc1C(F)(F)F. The molecule has 4 rings (SSSR count). The molecule has 3 heterocycles. The van der Waals surface area contributed by atoms with Crippen LogP contribution in [0.15, 0.2) is 47.3 Å². The highest BCUT2D eigenvalue weighted by molar-refractivity contribution is 9.10. The summed E-state index contributed by atoms with van der Waals surface area (Å²) in [5, 5.41) is 33.0. The minimum atomic E-state index is -4.82. The molecule has 1 amide bonds. The van der Waals surface area contributed by atoms with Gasteiger partial charge in [0.1, 0.15) is 21.7 Å². The van der Waals surface area contributed by atoms with Gasteiger partial charge >= 0.3 is 13.3 Å². The fourth-order valence-corrected chi connectivity index (χ4v) is 6.16. The van der Waals surface area contributed by atoms with Gasteiger partial charge in [-0.2, -0.15) is 23.3 Å². The van der Waals surface area contributed by atoms with Gasteiger partial charge < -0.3 is 35.3 Å². The first-order valence-corrected chi connectivity index (χ1v) is 16.9. The van der Waals surface area contributed by atoms with Crippen LogP contribution in [0.3, 0.4) is 0 Å². The van der Waals surface area contributed by atoms with E-state index in [9.17, 15) is 32.6 Å². The number of aromatic nitrogens is 5. The number of halogens is 4. The Morgan fingerprint density at radius 2 is 1.87 bits per heavy atom. The largest absolute Gasteiger partial charge is 0.495 e. The van der Waals surface area contributed by atoms with E-state index in [2.05, 4.69) is 57.0 Å². The van der Waals surface area contributed by atoms with Gasteiger partial charge in [0.05, 0.1) is 25.1 Å². The zero-order valence-electron chi connectivity index (χ0n) is 25.2. The lowest BCUT2D eigenvalue weighted by molar-refractivity contribution is -0.137. The van der Waals surface area contributed by atoms with Crippen LogP contribution in [0.5, 0.6) is 5.75 Å². The minimum absolute atomic E-state index is 0.0223. The molecule has 47 heavy (non-hydrogen) atoms. The molecule has 6 N–H and O–H groups in total. The molecule has 0 bridgehead atoms. The number of carbonyl (C=O) groups excluding carboxylic acids is 1. The van der Waals surface area contributed by atoms with E-state index < -0.39 is 38.0 Å². The summed E-state index contributed by atoms with van der Waals surface area (Å²) < 4.78 is 66.2. The van der Waals surface area contributed by atoms with E-state index in [-0.39, 0.29) is 41.3 Å². The molecule has 1 unspecified atom stereocenters. The van der Waals surface area contributed by atoms with Gasteiger partial charge in [0.2, 0.25) is 13.3 Å². The average Bonchev–Trinajstić information content (AvgIpc) is 3.49. The third-order valence-electron chi connectivity index (χ3n) is 6.60. The molecular formula is C27H30BBrF3N8O6P. The van der Waals surface area contributed by atoms with E-state index in [4.69, 9.17) is 9.26 Å². The summed E-state index contributed by atoms with van der Waals surface area (Å²) in [5.41, 5.74) is 0.366. The first-order chi connectivity index (χ1) is 22.2. The van der Waals surface area contributed by atoms with Crippen LogP contribution in [0.1, 0.15) is 33.7 Å². The Bertz CT molecular complexity index is 1780. The van der Waals surface area contributed by atoms with E-state index in [1.165, 1.54) is 39.2 Å². The zero-order valence-corrected chi connectivity index (χ0v) is 27.7. The number of nitrogens with zero attached hydrogens (tertiary/aromatic N) is 4. The zero-order chi connectivity index (χ0) is 34.4. The lowest BCUT2D eigenvalue weighted by atomic mass is 9.80. The summed E-state index contributed by atoms with van der Waals surface area (Å²) in [6.07, 6.45) is -1.98. The van der Waals surface area contributed by atoms with Crippen molar-refractivity contribution in [3.05, 3.63) is 69.8 Å². The predicted octanol–water partition coefficient (Wildman–Crippen LogP) is 3.97. The van der Waals surface area contributed by atoms with Crippen molar-refractivity contribution in [2.24, 2.45) is 0 Å². The third kappa shape index (κ3) is 9.51. The van der Waals surface area contributed by atoms with Crippen molar-refractivity contribution in [2.75, 3.05) is 38.1 Å². The molecule has 0 saturated heterocycles. The number of benzene rings is 1. The lowest BCUT2D eigenvalue weighted by Gasteiger charge is -2.18. The van der Waals surface area contributed by atoms with Gasteiger partial charge in [-0.25, -0.2) is 9.97 Å². The molecule has 4 aromatic rings. The maximum atomic E-state index is 13.9. The molecule has 0 fully saturated rings. The van der Waals surface area contributed by atoms with Crippen LogP contribution in [0.4, 0.5) is 36.3 Å². The highest BCUT2D eigenvalue weighted by Gasteiger charge is 2.36. The number of amides is 1.